The Morgan fingerprint density at radius 1 is 1.03 bits per heavy atom. The van der Waals surface area contributed by atoms with Gasteiger partial charge in [0.1, 0.15) is 12.6 Å². The first-order chi connectivity index (χ1) is 16.6. The number of carbonyl (C=O) groups excluding carboxylic acids is 2. The van der Waals surface area contributed by atoms with E-state index in [0.29, 0.717) is 25.3 Å². The molecule has 2 amide bonds. The first-order valence-corrected chi connectivity index (χ1v) is 12.2. The fourth-order valence-corrected chi connectivity index (χ4v) is 4.32. The van der Waals surface area contributed by atoms with Crippen LogP contribution in [-0.2, 0) is 14.4 Å². The van der Waals surface area contributed by atoms with Crippen molar-refractivity contribution in [3.05, 3.63) is 71.8 Å². The zero-order valence-electron chi connectivity index (χ0n) is 20.4. The molecule has 1 fully saturated rings. The molecule has 1 aliphatic heterocycles. The lowest BCUT2D eigenvalue weighted by Gasteiger charge is -2.28. The Labute approximate surface area is 202 Å². The van der Waals surface area contributed by atoms with Gasteiger partial charge in [-0.2, -0.15) is 0 Å². The number of nitrogens with zero attached hydrogens (tertiary/aromatic N) is 3. The first kappa shape index (κ1) is 25.4. The second-order valence-electron chi connectivity index (χ2n) is 8.33. The molecule has 182 valence electrons. The normalized spacial score (nSPS) is 16.9. The molecule has 0 aliphatic carbocycles. The van der Waals surface area contributed by atoms with Gasteiger partial charge in [0.2, 0.25) is 11.8 Å². The molecule has 1 aliphatic rings. The van der Waals surface area contributed by atoms with Crippen molar-refractivity contribution < 1.29 is 14.4 Å². The topological polar surface area (TPSA) is 74.2 Å². The minimum Gasteiger partial charge on any atom is -0.396 e. The fraction of sp³-hybridized carbons (Fsp3) is 0.444. The Hall–Kier alpha value is -3.19. The highest BCUT2D eigenvalue weighted by Crippen LogP contribution is 2.30. The second kappa shape index (κ2) is 12.9. The molecule has 2 aromatic rings. The summed E-state index contributed by atoms with van der Waals surface area (Å²) in [7, 11) is 0. The summed E-state index contributed by atoms with van der Waals surface area (Å²) in [5.41, 5.74) is 2.50. The van der Waals surface area contributed by atoms with Crippen molar-refractivity contribution in [2.45, 2.75) is 39.2 Å². The zero-order valence-corrected chi connectivity index (χ0v) is 20.4. The molecule has 0 aromatic heterocycles. The maximum Gasteiger partial charge on any atom is 0.243 e. The molecule has 1 atom stereocenters. The first-order valence-electron chi connectivity index (χ1n) is 12.2. The zero-order chi connectivity index (χ0) is 24.3. The SMILES string of the molecule is CCO/N=C1\C[C@@H](C(=O)NCCN(CC)CC)N(C(=O)C(c2ccccc2)c2ccccc2)C1. The molecule has 0 bridgehead atoms. The van der Waals surface area contributed by atoms with E-state index in [0.717, 1.165) is 30.8 Å². The van der Waals surface area contributed by atoms with Gasteiger partial charge in [0, 0.05) is 19.5 Å². The van der Waals surface area contributed by atoms with Crippen LogP contribution in [0.5, 0.6) is 0 Å². The minimum absolute atomic E-state index is 0.108. The van der Waals surface area contributed by atoms with Crippen molar-refractivity contribution in [3.8, 4) is 0 Å². The van der Waals surface area contributed by atoms with Crippen molar-refractivity contribution in [2.75, 3.05) is 39.3 Å². The third-order valence-electron chi connectivity index (χ3n) is 6.20. The Bertz CT molecular complexity index is 905. The Balaban J connectivity index is 1.85. The molecule has 0 spiro atoms. The summed E-state index contributed by atoms with van der Waals surface area (Å²) in [5, 5.41) is 7.21. The maximum absolute atomic E-state index is 14.0. The lowest BCUT2D eigenvalue weighted by molar-refractivity contribution is -0.138. The molecular formula is C27H36N4O3. The van der Waals surface area contributed by atoms with Crippen LogP contribution >= 0.6 is 0 Å². The number of hydrogen-bond donors (Lipinski definition) is 1. The second-order valence-corrected chi connectivity index (χ2v) is 8.33. The van der Waals surface area contributed by atoms with Gasteiger partial charge < -0.3 is 20.0 Å². The number of nitrogens with one attached hydrogen (secondary N) is 1. The molecule has 0 saturated carbocycles. The number of rotatable bonds is 11. The van der Waals surface area contributed by atoms with Gasteiger partial charge in [0.25, 0.3) is 0 Å². The number of likely N-dealkylation sites (N-methyl/N-ethyl adjacent to an activating group) is 1. The van der Waals surface area contributed by atoms with Crippen LogP contribution in [0.1, 0.15) is 44.2 Å². The van der Waals surface area contributed by atoms with Crippen LogP contribution in [0.2, 0.25) is 0 Å². The predicted octanol–water partition coefficient (Wildman–Crippen LogP) is 3.27. The third-order valence-corrected chi connectivity index (χ3v) is 6.20. The monoisotopic (exact) mass is 464 g/mol. The molecule has 1 saturated heterocycles. The van der Waals surface area contributed by atoms with E-state index in [-0.39, 0.29) is 18.4 Å². The number of hydrogen-bond acceptors (Lipinski definition) is 5. The third kappa shape index (κ3) is 6.44. The van der Waals surface area contributed by atoms with E-state index in [1.807, 2.05) is 67.6 Å². The van der Waals surface area contributed by atoms with Crippen molar-refractivity contribution in [2.24, 2.45) is 5.16 Å². The Kier molecular flexibility index (Phi) is 9.64. The molecule has 7 nitrogen and oxygen atoms in total. The molecule has 0 radical (unpaired) electrons. The molecule has 0 unspecified atom stereocenters. The van der Waals surface area contributed by atoms with Crippen molar-refractivity contribution in [3.63, 3.8) is 0 Å². The summed E-state index contributed by atoms with van der Waals surface area (Å²) >= 11 is 0. The summed E-state index contributed by atoms with van der Waals surface area (Å²) in [5.74, 6) is -0.759. The molecule has 3 rings (SSSR count). The van der Waals surface area contributed by atoms with Crippen LogP contribution in [0, 0.1) is 0 Å². The lowest BCUT2D eigenvalue weighted by Crippen LogP contribution is -2.48. The van der Waals surface area contributed by atoms with E-state index in [9.17, 15) is 9.59 Å². The average Bonchev–Trinajstić information content (AvgIpc) is 3.31. The summed E-state index contributed by atoms with van der Waals surface area (Å²) in [6, 6.07) is 18.8. The van der Waals surface area contributed by atoms with Gasteiger partial charge in [0.05, 0.1) is 18.2 Å². The number of amides is 2. The largest absolute Gasteiger partial charge is 0.396 e. The highest BCUT2D eigenvalue weighted by Gasteiger charge is 2.41. The maximum atomic E-state index is 14.0. The molecule has 1 N–H and O–H groups in total. The van der Waals surface area contributed by atoms with Crippen molar-refractivity contribution >= 4 is 17.5 Å². The van der Waals surface area contributed by atoms with E-state index in [2.05, 4.69) is 29.2 Å². The molecule has 1 heterocycles. The van der Waals surface area contributed by atoms with Crippen molar-refractivity contribution in [1.82, 2.24) is 15.1 Å². The lowest BCUT2D eigenvalue weighted by atomic mass is 9.90. The molecule has 2 aromatic carbocycles. The Morgan fingerprint density at radius 3 is 2.15 bits per heavy atom. The van der Waals surface area contributed by atoms with E-state index < -0.39 is 12.0 Å². The van der Waals surface area contributed by atoms with E-state index >= 15 is 0 Å². The van der Waals surface area contributed by atoms with Crippen molar-refractivity contribution in [1.29, 1.82) is 0 Å². The van der Waals surface area contributed by atoms with Crippen LogP contribution in [0.15, 0.2) is 65.8 Å². The Morgan fingerprint density at radius 2 is 1.62 bits per heavy atom. The van der Waals surface area contributed by atoms with Crippen LogP contribution in [0.3, 0.4) is 0 Å². The summed E-state index contributed by atoms with van der Waals surface area (Å²) < 4.78 is 0. The summed E-state index contributed by atoms with van der Waals surface area (Å²) in [4.78, 5) is 36.4. The van der Waals surface area contributed by atoms with Crippen LogP contribution in [-0.4, -0.2) is 72.7 Å². The molecular weight excluding hydrogens is 428 g/mol. The predicted molar refractivity (Wildman–Crippen MR) is 135 cm³/mol. The fourth-order valence-electron chi connectivity index (χ4n) is 4.32. The van der Waals surface area contributed by atoms with Gasteiger partial charge in [-0.1, -0.05) is 79.7 Å². The van der Waals surface area contributed by atoms with Crippen LogP contribution in [0.4, 0.5) is 0 Å². The minimum atomic E-state index is -0.613. The highest BCUT2D eigenvalue weighted by molar-refractivity contribution is 6.02. The molecule has 7 heteroatoms. The van der Waals surface area contributed by atoms with Gasteiger partial charge in [-0.15, -0.1) is 0 Å². The smallest absolute Gasteiger partial charge is 0.243 e. The van der Waals surface area contributed by atoms with Gasteiger partial charge >= 0.3 is 0 Å². The van der Waals surface area contributed by atoms with Crippen LogP contribution in [0.25, 0.3) is 0 Å². The summed E-state index contributed by atoms with van der Waals surface area (Å²) in [6.45, 7) is 9.97. The number of likely N-dealkylation sites (tertiary alicyclic amines) is 1. The van der Waals surface area contributed by atoms with E-state index in [1.54, 1.807) is 4.90 Å². The van der Waals surface area contributed by atoms with Gasteiger partial charge in [-0.25, -0.2) is 0 Å². The van der Waals surface area contributed by atoms with Gasteiger partial charge in [-0.3, -0.25) is 9.59 Å². The highest BCUT2D eigenvalue weighted by atomic mass is 16.6. The average molecular weight is 465 g/mol. The standard InChI is InChI=1S/C27H36N4O3/c1-4-30(5-2)18-17-28-26(32)24-19-23(29-34-6-3)20-31(24)27(33)25(21-13-9-7-10-14-21)22-15-11-8-12-16-22/h7-16,24-25H,4-6,17-20H2,1-3H3,(H,28,32)/b29-23+/t24-/m0/s1. The quantitative estimate of drug-likeness (QED) is 0.518. The number of oxime groups is 1. The summed E-state index contributed by atoms with van der Waals surface area (Å²) in [6.07, 6.45) is 0.374. The van der Waals surface area contributed by atoms with E-state index in [1.165, 1.54) is 0 Å². The van der Waals surface area contributed by atoms with Gasteiger partial charge in [-0.05, 0) is 31.1 Å². The number of carbonyl (C=O) groups is 2. The van der Waals surface area contributed by atoms with Gasteiger partial charge in [0.15, 0.2) is 0 Å². The number of benzene rings is 2. The van der Waals surface area contributed by atoms with Crippen LogP contribution < -0.4 is 5.32 Å². The van der Waals surface area contributed by atoms with E-state index in [4.69, 9.17) is 4.84 Å². The molecule has 34 heavy (non-hydrogen) atoms.